The Morgan fingerprint density at radius 2 is 2.05 bits per heavy atom. The quantitative estimate of drug-likeness (QED) is 0.811. The summed E-state index contributed by atoms with van der Waals surface area (Å²) in [6, 6.07) is 9.39. The van der Waals surface area contributed by atoms with Crippen molar-refractivity contribution in [1.29, 1.82) is 0 Å². The van der Waals surface area contributed by atoms with Gasteiger partial charge in [0.25, 0.3) is 0 Å². The molecule has 0 amide bonds. The molecule has 0 saturated carbocycles. The monoisotopic (exact) mass is 283 g/mol. The molecule has 2 rings (SSSR count). The van der Waals surface area contributed by atoms with Gasteiger partial charge >= 0.3 is 7.75 Å². The Hall–Kier alpha value is -0.830. The molecule has 1 heterocycles. The Bertz CT molecular complexity index is 438. The van der Waals surface area contributed by atoms with Gasteiger partial charge in [-0.25, -0.2) is 4.57 Å². The van der Waals surface area contributed by atoms with Crippen molar-refractivity contribution in [3.63, 3.8) is 0 Å². The number of rotatable bonds is 5. The Labute approximate surface area is 115 Å². The zero-order chi connectivity index (χ0) is 13.7. The van der Waals surface area contributed by atoms with Gasteiger partial charge in [0.05, 0.1) is 12.7 Å². The summed E-state index contributed by atoms with van der Waals surface area (Å²) in [5, 5.41) is 2.90. The van der Waals surface area contributed by atoms with E-state index >= 15 is 0 Å². The van der Waals surface area contributed by atoms with Crippen molar-refractivity contribution in [3.8, 4) is 0 Å². The highest BCUT2D eigenvalue weighted by Gasteiger charge is 2.38. The average molecular weight is 283 g/mol. The van der Waals surface area contributed by atoms with Gasteiger partial charge in [-0.15, -0.1) is 0 Å². The van der Waals surface area contributed by atoms with E-state index in [1.807, 2.05) is 30.3 Å². The average Bonchev–Trinajstić information content (AvgIpc) is 2.40. The Kier molecular flexibility index (Phi) is 5.03. The molecular weight excluding hydrogens is 261 g/mol. The smallest absolute Gasteiger partial charge is 0.293 e. The maximum atomic E-state index is 12.6. The first kappa shape index (κ1) is 14.6. The van der Waals surface area contributed by atoms with Crippen LogP contribution in [0.2, 0.25) is 0 Å². The molecule has 0 aromatic heterocycles. The van der Waals surface area contributed by atoms with E-state index in [0.717, 1.165) is 24.9 Å². The Morgan fingerprint density at radius 1 is 1.32 bits per heavy atom. The SMILES string of the molecule is CCC[C@@H]1O[P@@](=O)(Nc2ccccc2)OC[C@H]1CC. The van der Waals surface area contributed by atoms with Crippen molar-refractivity contribution in [1.82, 2.24) is 0 Å². The van der Waals surface area contributed by atoms with E-state index in [4.69, 9.17) is 9.05 Å². The number of anilines is 1. The molecule has 1 fully saturated rings. The lowest BCUT2D eigenvalue weighted by Crippen LogP contribution is -2.32. The fourth-order valence-corrected chi connectivity index (χ4v) is 3.94. The van der Waals surface area contributed by atoms with E-state index in [9.17, 15) is 4.57 Å². The number of para-hydroxylation sites is 1. The van der Waals surface area contributed by atoms with E-state index in [2.05, 4.69) is 18.9 Å². The van der Waals surface area contributed by atoms with Crippen molar-refractivity contribution < 1.29 is 13.6 Å². The summed E-state index contributed by atoms with van der Waals surface area (Å²) in [6.45, 7) is 4.72. The van der Waals surface area contributed by atoms with Crippen LogP contribution in [0, 0.1) is 5.92 Å². The van der Waals surface area contributed by atoms with E-state index in [-0.39, 0.29) is 6.10 Å². The highest BCUT2D eigenvalue weighted by molar-refractivity contribution is 7.55. The molecule has 1 aromatic carbocycles. The van der Waals surface area contributed by atoms with Crippen LogP contribution in [0.4, 0.5) is 5.69 Å². The molecule has 106 valence electrons. The normalized spacial score (nSPS) is 31.1. The zero-order valence-electron chi connectivity index (χ0n) is 11.5. The van der Waals surface area contributed by atoms with Crippen molar-refractivity contribution in [3.05, 3.63) is 30.3 Å². The minimum absolute atomic E-state index is 0.0193. The maximum absolute atomic E-state index is 12.6. The molecule has 5 heteroatoms. The number of benzene rings is 1. The second kappa shape index (κ2) is 6.56. The van der Waals surface area contributed by atoms with Gasteiger partial charge in [-0.1, -0.05) is 38.5 Å². The summed E-state index contributed by atoms with van der Waals surface area (Å²) in [6.07, 6.45) is 2.94. The second-order valence-electron chi connectivity index (χ2n) is 4.87. The van der Waals surface area contributed by atoms with Crippen molar-refractivity contribution >= 4 is 13.4 Å². The first-order valence-corrected chi connectivity index (χ1v) is 8.47. The van der Waals surface area contributed by atoms with Gasteiger partial charge in [0.2, 0.25) is 0 Å². The summed E-state index contributed by atoms with van der Waals surface area (Å²) >= 11 is 0. The standard InChI is InChI=1S/C14H22NO3P/c1-3-8-14-12(4-2)11-17-19(16,18-14)15-13-9-6-5-7-10-13/h5-7,9-10,12,14H,3-4,8,11H2,1-2H3,(H,15,16)/t12-,14+,19-/m1/s1. The van der Waals surface area contributed by atoms with Crippen molar-refractivity contribution in [2.75, 3.05) is 11.7 Å². The molecule has 1 aromatic rings. The first-order valence-electron chi connectivity index (χ1n) is 6.93. The fourth-order valence-electron chi connectivity index (χ4n) is 2.28. The van der Waals surface area contributed by atoms with Crippen LogP contribution in [0.25, 0.3) is 0 Å². The first-order chi connectivity index (χ1) is 9.17. The second-order valence-corrected chi connectivity index (χ2v) is 6.56. The molecule has 0 radical (unpaired) electrons. The van der Waals surface area contributed by atoms with Gasteiger partial charge in [-0.2, -0.15) is 0 Å². The van der Waals surface area contributed by atoms with Crippen LogP contribution >= 0.6 is 7.75 Å². The fraction of sp³-hybridized carbons (Fsp3) is 0.571. The summed E-state index contributed by atoms with van der Waals surface area (Å²) in [7, 11) is -3.22. The topological polar surface area (TPSA) is 47.6 Å². The number of hydrogen-bond acceptors (Lipinski definition) is 3. The van der Waals surface area contributed by atoms with Gasteiger partial charge in [-0.3, -0.25) is 14.1 Å². The summed E-state index contributed by atoms with van der Waals surface area (Å²) in [5.41, 5.74) is 0.760. The van der Waals surface area contributed by atoms with Crippen LogP contribution in [0.15, 0.2) is 30.3 Å². The van der Waals surface area contributed by atoms with Crippen LogP contribution in [-0.2, 0) is 13.6 Å². The molecule has 1 aliphatic rings. The van der Waals surface area contributed by atoms with Crippen LogP contribution in [-0.4, -0.2) is 12.7 Å². The number of nitrogens with one attached hydrogen (secondary N) is 1. The lowest BCUT2D eigenvalue weighted by molar-refractivity contribution is 0.0220. The predicted octanol–water partition coefficient (Wildman–Crippen LogP) is 4.45. The summed E-state index contributed by atoms with van der Waals surface area (Å²) in [5.74, 6) is 0.333. The number of hydrogen-bond donors (Lipinski definition) is 1. The third kappa shape index (κ3) is 3.82. The highest BCUT2D eigenvalue weighted by Crippen LogP contribution is 2.54. The highest BCUT2D eigenvalue weighted by atomic mass is 31.2. The molecule has 0 unspecified atom stereocenters. The summed E-state index contributed by atoms with van der Waals surface area (Å²) in [4.78, 5) is 0. The molecule has 4 nitrogen and oxygen atoms in total. The van der Waals surface area contributed by atoms with E-state index in [1.165, 1.54) is 0 Å². The lowest BCUT2D eigenvalue weighted by atomic mass is 9.97. The van der Waals surface area contributed by atoms with Crippen LogP contribution in [0.1, 0.15) is 33.1 Å². The van der Waals surface area contributed by atoms with E-state index in [1.54, 1.807) is 0 Å². The lowest BCUT2D eigenvalue weighted by Gasteiger charge is -2.35. The van der Waals surface area contributed by atoms with Gasteiger partial charge in [0, 0.05) is 11.6 Å². The van der Waals surface area contributed by atoms with E-state index in [0.29, 0.717) is 12.5 Å². The molecular formula is C14H22NO3P. The van der Waals surface area contributed by atoms with Gasteiger partial charge in [0.1, 0.15) is 0 Å². The molecule has 1 aliphatic heterocycles. The van der Waals surface area contributed by atoms with Crippen LogP contribution < -0.4 is 5.09 Å². The summed E-state index contributed by atoms with van der Waals surface area (Å²) < 4.78 is 23.8. The van der Waals surface area contributed by atoms with Gasteiger partial charge in [-0.05, 0) is 25.0 Å². The molecule has 1 N–H and O–H groups in total. The minimum Gasteiger partial charge on any atom is -0.293 e. The van der Waals surface area contributed by atoms with Crippen molar-refractivity contribution in [2.45, 2.75) is 39.2 Å². The minimum atomic E-state index is -3.22. The molecule has 0 spiro atoms. The maximum Gasteiger partial charge on any atom is 0.433 e. The molecule has 19 heavy (non-hydrogen) atoms. The Balaban J connectivity index is 2.06. The predicted molar refractivity (Wildman–Crippen MR) is 77.2 cm³/mol. The Morgan fingerprint density at radius 3 is 2.68 bits per heavy atom. The van der Waals surface area contributed by atoms with Crippen LogP contribution in [0.3, 0.4) is 0 Å². The van der Waals surface area contributed by atoms with Gasteiger partial charge < -0.3 is 0 Å². The van der Waals surface area contributed by atoms with Crippen molar-refractivity contribution in [2.24, 2.45) is 5.92 Å². The molecule has 0 aliphatic carbocycles. The largest absolute Gasteiger partial charge is 0.433 e. The van der Waals surface area contributed by atoms with E-state index < -0.39 is 7.75 Å². The third-order valence-electron chi connectivity index (χ3n) is 3.40. The van der Waals surface area contributed by atoms with Crippen LogP contribution in [0.5, 0.6) is 0 Å². The third-order valence-corrected chi connectivity index (χ3v) is 4.97. The van der Waals surface area contributed by atoms with Gasteiger partial charge in [0.15, 0.2) is 0 Å². The zero-order valence-corrected chi connectivity index (χ0v) is 12.4. The molecule has 3 atom stereocenters. The molecule has 1 saturated heterocycles. The molecule has 0 bridgehead atoms.